The average Bonchev–Trinajstić information content (AvgIpc) is 2.96. The van der Waals surface area contributed by atoms with Crippen molar-refractivity contribution in [1.29, 1.82) is 0 Å². The molecular weight excluding hydrogens is 242 g/mol. The van der Waals surface area contributed by atoms with E-state index in [9.17, 15) is 10.1 Å². The number of benzene rings is 1. The van der Waals surface area contributed by atoms with Crippen LogP contribution in [0, 0.1) is 10.1 Å². The molecule has 2 heterocycles. The molecule has 5 heteroatoms. The maximum atomic E-state index is 10.9. The van der Waals surface area contributed by atoms with E-state index in [-0.39, 0.29) is 10.6 Å². The molecule has 2 atom stereocenters. The summed E-state index contributed by atoms with van der Waals surface area (Å²) < 4.78 is 0. The first-order valence-electron chi connectivity index (χ1n) is 6.48. The molecule has 0 saturated carbocycles. The van der Waals surface area contributed by atoms with Crippen molar-refractivity contribution < 1.29 is 4.92 Å². The zero-order valence-corrected chi connectivity index (χ0v) is 11.0. The molecule has 100 valence electrons. The zero-order chi connectivity index (χ0) is 13.6. The number of piperazine rings is 1. The van der Waals surface area contributed by atoms with Gasteiger partial charge in [0.1, 0.15) is 0 Å². The number of fused-ring (bicyclic) bond motifs is 2. The number of nitro benzene ring substituents is 1. The van der Waals surface area contributed by atoms with Crippen LogP contribution in [0.5, 0.6) is 0 Å². The van der Waals surface area contributed by atoms with Gasteiger partial charge in [0.2, 0.25) is 0 Å². The molecule has 3 rings (SSSR count). The Kier molecular flexibility index (Phi) is 2.78. The minimum absolute atomic E-state index is 0.125. The van der Waals surface area contributed by atoms with Crippen LogP contribution in [0.4, 0.5) is 11.4 Å². The van der Waals surface area contributed by atoms with E-state index < -0.39 is 0 Å². The Morgan fingerprint density at radius 1 is 1.42 bits per heavy atom. The number of nitro groups is 1. The zero-order valence-electron chi connectivity index (χ0n) is 11.0. The molecule has 0 unspecified atom stereocenters. The molecule has 19 heavy (non-hydrogen) atoms. The van der Waals surface area contributed by atoms with Gasteiger partial charge in [-0.1, -0.05) is 12.7 Å². The molecule has 0 spiro atoms. The molecule has 0 radical (unpaired) electrons. The Hall–Kier alpha value is -1.88. The molecule has 2 aliphatic rings. The first kappa shape index (κ1) is 12.2. The van der Waals surface area contributed by atoms with Gasteiger partial charge in [-0.05, 0) is 25.6 Å². The third-order valence-corrected chi connectivity index (χ3v) is 4.27. The van der Waals surface area contributed by atoms with E-state index in [4.69, 9.17) is 0 Å². The van der Waals surface area contributed by atoms with Crippen LogP contribution in [0.25, 0.3) is 6.08 Å². The summed E-state index contributed by atoms with van der Waals surface area (Å²) in [5.74, 6) is 0. The lowest BCUT2D eigenvalue weighted by atomic mass is 10.1. The lowest BCUT2D eigenvalue weighted by Crippen LogP contribution is -2.44. The Balaban J connectivity index is 1.91. The van der Waals surface area contributed by atoms with Crippen molar-refractivity contribution in [2.45, 2.75) is 18.5 Å². The van der Waals surface area contributed by atoms with E-state index in [1.165, 1.54) is 6.42 Å². The summed E-state index contributed by atoms with van der Waals surface area (Å²) in [4.78, 5) is 15.3. The summed E-state index contributed by atoms with van der Waals surface area (Å²) in [7, 11) is 2.16. The predicted octanol–water partition coefficient (Wildman–Crippen LogP) is 2.13. The van der Waals surface area contributed by atoms with Gasteiger partial charge >= 0.3 is 0 Å². The Morgan fingerprint density at radius 2 is 2.21 bits per heavy atom. The van der Waals surface area contributed by atoms with Gasteiger partial charge in [0.25, 0.3) is 5.69 Å². The van der Waals surface area contributed by atoms with Gasteiger partial charge in [0.15, 0.2) is 0 Å². The molecule has 2 fully saturated rings. The van der Waals surface area contributed by atoms with Crippen LogP contribution in [0.1, 0.15) is 12.0 Å². The lowest BCUT2D eigenvalue weighted by molar-refractivity contribution is -0.385. The van der Waals surface area contributed by atoms with Gasteiger partial charge in [-0.2, -0.15) is 0 Å². The highest BCUT2D eigenvalue weighted by Gasteiger charge is 2.41. The Bertz CT molecular complexity index is 541. The highest BCUT2D eigenvalue weighted by Crippen LogP contribution is 2.35. The van der Waals surface area contributed by atoms with E-state index >= 15 is 0 Å². The van der Waals surface area contributed by atoms with Gasteiger partial charge in [-0.15, -0.1) is 0 Å². The van der Waals surface area contributed by atoms with Crippen molar-refractivity contribution in [1.82, 2.24) is 4.90 Å². The van der Waals surface area contributed by atoms with Crippen molar-refractivity contribution in [2.24, 2.45) is 0 Å². The predicted molar refractivity (Wildman–Crippen MR) is 75.4 cm³/mol. The fraction of sp³-hybridized carbons (Fsp3) is 0.429. The van der Waals surface area contributed by atoms with E-state index in [2.05, 4.69) is 23.4 Å². The van der Waals surface area contributed by atoms with Crippen molar-refractivity contribution >= 4 is 17.5 Å². The molecular formula is C14H17N3O2. The maximum Gasteiger partial charge on any atom is 0.276 e. The number of likely N-dealkylation sites (N-methyl/N-ethyl adjacent to an activating group) is 1. The van der Waals surface area contributed by atoms with E-state index in [0.29, 0.717) is 17.6 Å². The summed E-state index contributed by atoms with van der Waals surface area (Å²) in [5, 5.41) is 10.9. The van der Waals surface area contributed by atoms with Crippen molar-refractivity contribution in [3.63, 3.8) is 0 Å². The van der Waals surface area contributed by atoms with E-state index in [1.807, 2.05) is 12.1 Å². The smallest absolute Gasteiger partial charge is 0.276 e. The SMILES string of the molecule is C=Cc1cc(N2C[C@@H]3C[C@H]2CN3C)ccc1[N+](=O)[O-]. The molecule has 2 saturated heterocycles. The highest BCUT2D eigenvalue weighted by molar-refractivity contribution is 5.67. The summed E-state index contributed by atoms with van der Waals surface area (Å²) in [5.41, 5.74) is 1.79. The lowest BCUT2D eigenvalue weighted by Gasteiger charge is -2.33. The molecule has 1 aromatic rings. The van der Waals surface area contributed by atoms with Gasteiger partial charge < -0.3 is 4.90 Å². The minimum Gasteiger partial charge on any atom is -0.366 e. The minimum atomic E-state index is -0.356. The summed E-state index contributed by atoms with van der Waals surface area (Å²) in [6, 6.07) is 6.47. The fourth-order valence-electron chi connectivity index (χ4n) is 3.23. The molecule has 2 aliphatic heterocycles. The van der Waals surface area contributed by atoms with Crippen LogP contribution in [-0.4, -0.2) is 42.0 Å². The number of hydrogen-bond acceptors (Lipinski definition) is 4. The van der Waals surface area contributed by atoms with Crippen LogP contribution >= 0.6 is 0 Å². The molecule has 2 bridgehead atoms. The second-order valence-corrected chi connectivity index (χ2v) is 5.34. The van der Waals surface area contributed by atoms with Gasteiger partial charge in [0, 0.05) is 36.9 Å². The van der Waals surface area contributed by atoms with Crippen LogP contribution < -0.4 is 4.90 Å². The first-order valence-corrected chi connectivity index (χ1v) is 6.48. The van der Waals surface area contributed by atoms with Gasteiger partial charge in [0.05, 0.1) is 10.5 Å². The third kappa shape index (κ3) is 1.90. The number of nitrogens with zero attached hydrogens (tertiary/aromatic N) is 3. The topological polar surface area (TPSA) is 49.6 Å². The summed E-state index contributed by atoms with van der Waals surface area (Å²) >= 11 is 0. The highest BCUT2D eigenvalue weighted by atomic mass is 16.6. The quantitative estimate of drug-likeness (QED) is 0.616. The standard InChI is InChI=1S/C14H17N3O2/c1-3-10-6-11(4-5-14(10)17(18)19)16-9-12-7-13(16)8-15(12)2/h3-6,12-13H,1,7-9H2,2H3/t12-,13-/m0/s1. The molecule has 0 aromatic heterocycles. The molecule has 0 aliphatic carbocycles. The number of hydrogen-bond donors (Lipinski definition) is 0. The van der Waals surface area contributed by atoms with Gasteiger partial charge in [-0.25, -0.2) is 0 Å². The molecule has 0 amide bonds. The number of likely N-dealkylation sites (tertiary alicyclic amines) is 1. The second-order valence-electron chi connectivity index (χ2n) is 5.34. The number of anilines is 1. The van der Waals surface area contributed by atoms with Crippen LogP contribution in [-0.2, 0) is 0 Å². The van der Waals surface area contributed by atoms with Crippen LogP contribution in [0.3, 0.4) is 0 Å². The van der Waals surface area contributed by atoms with E-state index in [0.717, 1.165) is 18.8 Å². The van der Waals surface area contributed by atoms with Crippen molar-refractivity contribution in [3.05, 3.63) is 40.5 Å². The first-order chi connectivity index (χ1) is 9.10. The summed E-state index contributed by atoms with van der Waals surface area (Å²) in [6.45, 7) is 5.75. The van der Waals surface area contributed by atoms with Crippen molar-refractivity contribution in [2.75, 3.05) is 25.0 Å². The molecule has 0 N–H and O–H groups in total. The average molecular weight is 259 g/mol. The Morgan fingerprint density at radius 3 is 2.74 bits per heavy atom. The third-order valence-electron chi connectivity index (χ3n) is 4.27. The summed E-state index contributed by atoms with van der Waals surface area (Å²) in [6.07, 6.45) is 2.75. The normalized spacial score (nSPS) is 25.8. The fourth-order valence-corrected chi connectivity index (χ4v) is 3.23. The van der Waals surface area contributed by atoms with Crippen LogP contribution in [0.15, 0.2) is 24.8 Å². The van der Waals surface area contributed by atoms with Crippen LogP contribution in [0.2, 0.25) is 0 Å². The number of rotatable bonds is 3. The monoisotopic (exact) mass is 259 g/mol. The largest absolute Gasteiger partial charge is 0.366 e. The molecule has 5 nitrogen and oxygen atoms in total. The van der Waals surface area contributed by atoms with Crippen molar-refractivity contribution in [3.8, 4) is 0 Å². The second kappa shape index (κ2) is 4.35. The maximum absolute atomic E-state index is 10.9. The van der Waals surface area contributed by atoms with E-state index in [1.54, 1.807) is 12.1 Å². The molecule has 1 aromatic carbocycles. The van der Waals surface area contributed by atoms with Gasteiger partial charge in [-0.3, -0.25) is 15.0 Å². The Labute approximate surface area is 112 Å².